The number of ether oxygens (including phenoxy) is 1. The fraction of sp³-hybridized carbons (Fsp3) is 0.412. The maximum atomic E-state index is 13.9. The molecule has 2 aromatic rings. The highest BCUT2D eigenvalue weighted by molar-refractivity contribution is 5.20. The second-order valence-corrected chi connectivity index (χ2v) is 5.92. The molecule has 6 heteroatoms. The zero-order valence-electron chi connectivity index (χ0n) is 12.9. The fourth-order valence-electron chi connectivity index (χ4n) is 2.98. The summed E-state index contributed by atoms with van der Waals surface area (Å²) in [4.78, 5) is 10.2. The maximum Gasteiger partial charge on any atom is 0.126 e. The van der Waals surface area contributed by atoms with Gasteiger partial charge in [-0.2, -0.15) is 0 Å². The number of aliphatic hydroxyl groups excluding tert-OH is 1. The van der Waals surface area contributed by atoms with Gasteiger partial charge in [0.1, 0.15) is 17.7 Å². The number of aromatic nitrogens is 2. The molecule has 0 amide bonds. The summed E-state index contributed by atoms with van der Waals surface area (Å²) in [5.41, 5.74) is 0.786. The number of morpholine rings is 1. The molecule has 1 aliphatic rings. The first-order chi connectivity index (χ1) is 11.2. The van der Waals surface area contributed by atoms with Crippen molar-refractivity contribution in [2.45, 2.75) is 18.6 Å². The number of hydrogen-bond acceptors (Lipinski definition) is 5. The van der Waals surface area contributed by atoms with E-state index >= 15 is 0 Å². The van der Waals surface area contributed by atoms with Gasteiger partial charge in [-0.1, -0.05) is 18.2 Å². The van der Waals surface area contributed by atoms with Gasteiger partial charge in [-0.15, -0.1) is 0 Å². The molecular formula is C17H20FN3O2. The van der Waals surface area contributed by atoms with Gasteiger partial charge in [-0.3, -0.25) is 4.90 Å². The molecule has 5 nitrogen and oxygen atoms in total. The Morgan fingerprint density at radius 2 is 2.04 bits per heavy atom. The van der Waals surface area contributed by atoms with Crippen molar-refractivity contribution in [1.82, 2.24) is 14.9 Å². The number of benzene rings is 1. The van der Waals surface area contributed by atoms with Crippen molar-refractivity contribution >= 4 is 0 Å². The standard InChI is InChI=1S/C17H20FN3O2/c18-16-4-2-1-3-15(16)7-17(12-22)11-21(5-6-23-17)10-14-8-19-13-20-9-14/h1-4,8-9,13,22H,5-7,10-12H2/t17-/m1/s1. The van der Waals surface area contributed by atoms with Crippen molar-refractivity contribution in [3.05, 3.63) is 59.9 Å². The molecule has 0 spiro atoms. The Bertz CT molecular complexity index is 641. The van der Waals surface area contributed by atoms with Crippen molar-refractivity contribution in [2.24, 2.45) is 0 Å². The van der Waals surface area contributed by atoms with Crippen LogP contribution in [0.1, 0.15) is 11.1 Å². The van der Waals surface area contributed by atoms with Crippen molar-refractivity contribution in [1.29, 1.82) is 0 Å². The van der Waals surface area contributed by atoms with E-state index in [-0.39, 0.29) is 12.4 Å². The lowest BCUT2D eigenvalue weighted by Gasteiger charge is -2.42. The first kappa shape index (κ1) is 16.0. The van der Waals surface area contributed by atoms with E-state index in [0.29, 0.717) is 31.7 Å². The molecule has 0 bridgehead atoms. The van der Waals surface area contributed by atoms with Crippen molar-refractivity contribution in [3.63, 3.8) is 0 Å². The van der Waals surface area contributed by atoms with Gasteiger partial charge in [0.2, 0.25) is 0 Å². The normalized spacial score (nSPS) is 22.2. The first-order valence-corrected chi connectivity index (χ1v) is 7.65. The Hall–Kier alpha value is -1.89. The minimum absolute atomic E-state index is 0.150. The topological polar surface area (TPSA) is 58.5 Å². The van der Waals surface area contributed by atoms with Crippen LogP contribution in [0.15, 0.2) is 43.0 Å². The molecule has 1 N–H and O–H groups in total. The van der Waals surface area contributed by atoms with E-state index in [2.05, 4.69) is 14.9 Å². The molecular weight excluding hydrogens is 297 g/mol. The number of hydrogen-bond donors (Lipinski definition) is 1. The molecule has 1 fully saturated rings. The average molecular weight is 317 g/mol. The molecule has 1 aromatic carbocycles. The van der Waals surface area contributed by atoms with Crippen LogP contribution in [0.25, 0.3) is 0 Å². The van der Waals surface area contributed by atoms with Gasteiger partial charge in [-0.05, 0) is 11.6 Å². The Morgan fingerprint density at radius 1 is 1.26 bits per heavy atom. The van der Waals surface area contributed by atoms with Gasteiger partial charge in [0.25, 0.3) is 0 Å². The Labute approximate surface area is 134 Å². The van der Waals surface area contributed by atoms with Gasteiger partial charge in [-0.25, -0.2) is 14.4 Å². The van der Waals surface area contributed by atoms with Crippen LogP contribution in [-0.2, 0) is 17.7 Å². The van der Waals surface area contributed by atoms with Crippen LogP contribution in [-0.4, -0.2) is 51.9 Å². The van der Waals surface area contributed by atoms with Crippen LogP contribution >= 0.6 is 0 Å². The Kier molecular flexibility index (Phi) is 4.95. The van der Waals surface area contributed by atoms with Crippen LogP contribution in [0.3, 0.4) is 0 Å². The summed E-state index contributed by atoms with van der Waals surface area (Å²) < 4.78 is 19.8. The molecule has 0 unspecified atom stereocenters. The smallest absolute Gasteiger partial charge is 0.126 e. The number of halogens is 1. The van der Waals surface area contributed by atoms with E-state index < -0.39 is 5.60 Å². The summed E-state index contributed by atoms with van der Waals surface area (Å²) in [6, 6.07) is 6.63. The van der Waals surface area contributed by atoms with Crippen molar-refractivity contribution < 1.29 is 14.2 Å². The number of rotatable bonds is 5. The predicted molar refractivity (Wildman–Crippen MR) is 83.2 cm³/mol. The van der Waals surface area contributed by atoms with Crippen LogP contribution in [0.2, 0.25) is 0 Å². The second kappa shape index (κ2) is 7.12. The third kappa shape index (κ3) is 3.90. The summed E-state index contributed by atoms with van der Waals surface area (Å²) in [5, 5.41) is 9.88. The van der Waals surface area contributed by atoms with Crippen LogP contribution in [0.4, 0.5) is 4.39 Å². The number of nitrogens with zero attached hydrogens (tertiary/aromatic N) is 3. The lowest BCUT2D eigenvalue weighted by atomic mass is 9.92. The predicted octanol–water partition coefficient (Wildman–Crippen LogP) is 1.42. The van der Waals surface area contributed by atoms with E-state index in [0.717, 1.165) is 12.1 Å². The summed E-state index contributed by atoms with van der Waals surface area (Å²) in [5.74, 6) is -0.266. The third-order valence-corrected chi connectivity index (χ3v) is 4.11. The molecule has 23 heavy (non-hydrogen) atoms. The molecule has 0 aliphatic carbocycles. The highest BCUT2D eigenvalue weighted by Crippen LogP contribution is 2.25. The lowest BCUT2D eigenvalue weighted by Crippen LogP contribution is -2.55. The van der Waals surface area contributed by atoms with Crippen LogP contribution in [0, 0.1) is 5.82 Å². The summed E-state index contributed by atoms with van der Waals surface area (Å²) >= 11 is 0. The minimum Gasteiger partial charge on any atom is -0.393 e. The SMILES string of the molecule is OC[C@@]1(Cc2ccccc2F)CN(Cc2cncnc2)CCO1. The van der Waals surface area contributed by atoms with E-state index in [4.69, 9.17) is 4.74 Å². The molecule has 1 atom stereocenters. The highest BCUT2D eigenvalue weighted by atomic mass is 19.1. The molecule has 0 radical (unpaired) electrons. The molecule has 2 heterocycles. The summed E-state index contributed by atoms with van der Waals surface area (Å²) in [6.45, 7) is 2.33. The van der Waals surface area contributed by atoms with Crippen LogP contribution in [0.5, 0.6) is 0 Å². The highest BCUT2D eigenvalue weighted by Gasteiger charge is 2.37. The van der Waals surface area contributed by atoms with E-state index in [1.54, 1.807) is 30.6 Å². The van der Waals surface area contributed by atoms with Crippen molar-refractivity contribution in [3.8, 4) is 0 Å². The van der Waals surface area contributed by atoms with Crippen molar-refractivity contribution in [2.75, 3.05) is 26.3 Å². The van der Waals surface area contributed by atoms with Gasteiger partial charge < -0.3 is 9.84 Å². The fourth-order valence-corrected chi connectivity index (χ4v) is 2.98. The van der Waals surface area contributed by atoms with E-state index in [1.165, 1.54) is 12.4 Å². The van der Waals surface area contributed by atoms with E-state index in [9.17, 15) is 9.50 Å². The molecule has 0 saturated carbocycles. The Balaban J connectivity index is 1.72. The van der Waals surface area contributed by atoms with Gasteiger partial charge >= 0.3 is 0 Å². The molecule has 1 aromatic heterocycles. The zero-order chi connectivity index (χ0) is 16.1. The zero-order valence-corrected chi connectivity index (χ0v) is 12.9. The van der Waals surface area contributed by atoms with Gasteiger partial charge in [0.15, 0.2) is 0 Å². The lowest BCUT2D eigenvalue weighted by molar-refractivity contribution is -0.134. The average Bonchev–Trinajstić information content (AvgIpc) is 2.58. The van der Waals surface area contributed by atoms with Gasteiger partial charge in [0, 0.05) is 44.0 Å². The molecule has 1 saturated heterocycles. The second-order valence-electron chi connectivity index (χ2n) is 5.92. The summed E-state index contributed by atoms with van der Waals surface area (Å²) in [6.07, 6.45) is 5.40. The summed E-state index contributed by atoms with van der Waals surface area (Å²) in [7, 11) is 0. The largest absolute Gasteiger partial charge is 0.393 e. The molecule has 3 rings (SSSR count). The van der Waals surface area contributed by atoms with Crippen LogP contribution < -0.4 is 0 Å². The minimum atomic E-state index is -0.782. The third-order valence-electron chi connectivity index (χ3n) is 4.11. The maximum absolute atomic E-state index is 13.9. The quantitative estimate of drug-likeness (QED) is 0.904. The Morgan fingerprint density at radius 3 is 2.78 bits per heavy atom. The molecule has 122 valence electrons. The molecule has 1 aliphatic heterocycles. The number of aliphatic hydroxyl groups is 1. The first-order valence-electron chi connectivity index (χ1n) is 7.65. The van der Waals surface area contributed by atoms with Gasteiger partial charge in [0.05, 0.1) is 13.2 Å². The monoisotopic (exact) mass is 317 g/mol. The van der Waals surface area contributed by atoms with E-state index in [1.807, 2.05) is 0 Å².